The van der Waals surface area contributed by atoms with Crippen LogP contribution in [-0.4, -0.2) is 35.0 Å². The lowest BCUT2D eigenvalue weighted by atomic mass is 10.0. The first kappa shape index (κ1) is 15.0. The summed E-state index contributed by atoms with van der Waals surface area (Å²) in [6, 6.07) is 8.57. The Bertz CT molecular complexity index is 844. The van der Waals surface area contributed by atoms with Crippen LogP contribution in [-0.2, 0) is 0 Å². The van der Waals surface area contributed by atoms with Gasteiger partial charge in [0.25, 0.3) is 0 Å². The van der Waals surface area contributed by atoms with Gasteiger partial charge >= 0.3 is 0 Å². The van der Waals surface area contributed by atoms with Gasteiger partial charge in [-0.1, -0.05) is 12.1 Å². The first-order valence-electron chi connectivity index (χ1n) is 8.44. The molecule has 0 spiro atoms. The summed E-state index contributed by atoms with van der Waals surface area (Å²) in [5, 5.41) is 5.60. The highest BCUT2D eigenvalue weighted by molar-refractivity contribution is 5.96. The molecule has 1 aromatic carbocycles. The number of nitrogens with zero attached hydrogens (tertiary/aromatic N) is 4. The van der Waals surface area contributed by atoms with Crippen molar-refractivity contribution < 1.29 is 4.74 Å². The van der Waals surface area contributed by atoms with Crippen LogP contribution in [0.2, 0.25) is 0 Å². The molecule has 0 radical (unpaired) electrons. The number of para-hydroxylation sites is 1. The number of rotatable bonds is 3. The third kappa shape index (κ3) is 2.50. The van der Waals surface area contributed by atoms with Gasteiger partial charge in [0.15, 0.2) is 0 Å². The number of hydrogen-bond acceptors (Lipinski definition) is 4. The summed E-state index contributed by atoms with van der Waals surface area (Å²) in [6.07, 6.45) is 8.21. The van der Waals surface area contributed by atoms with Crippen LogP contribution in [0.4, 0.5) is 5.69 Å². The second kappa shape index (κ2) is 6.15. The van der Waals surface area contributed by atoms with Crippen molar-refractivity contribution in [1.29, 1.82) is 0 Å². The Morgan fingerprint density at radius 2 is 2.17 bits per heavy atom. The number of fused-ring (bicyclic) bond motifs is 1. The molecule has 0 N–H and O–H groups in total. The molecular formula is C19H22N4O. The number of benzene rings is 1. The summed E-state index contributed by atoms with van der Waals surface area (Å²) < 4.78 is 7.58. The third-order valence-corrected chi connectivity index (χ3v) is 4.85. The lowest BCUT2D eigenvalue weighted by Crippen LogP contribution is -2.37. The Balaban J connectivity index is 1.76. The van der Waals surface area contributed by atoms with Crippen LogP contribution in [0.15, 0.2) is 42.9 Å². The predicted octanol–water partition coefficient (Wildman–Crippen LogP) is 3.59. The Morgan fingerprint density at radius 1 is 1.25 bits per heavy atom. The van der Waals surface area contributed by atoms with Crippen LogP contribution in [0.3, 0.4) is 0 Å². The molecule has 0 aliphatic carbocycles. The monoisotopic (exact) mass is 322 g/mol. The Morgan fingerprint density at radius 3 is 2.96 bits per heavy atom. The fourth-order valence-electron chi connectivity index (χ4n) is 3.74. The fourth-order valence-corrected chi connectivity index (χ4v) is 3.74. The van der Waals surface area contributed by atoms with Gasteiger partial charge in [-0.3, -0.25) is 9.67 Å². The van der Waals surface area contributed by atoms with Gasteiger partial charge in [-0.05, 0) is 37.5 Å². The van der Waals surface area contributed by atoms with Crippen molar-refractivity contribution in [3.05, 3.63) is 48.4 Å². The molecule has 1 unspecified atom stereocenters. The summed E-state index contributed by atoms with van der Waals surface area (Å²) in [7, 11) is 1.70. The van der Waals surface area contributed by atoms with Crippen molar-refractivity contribution in [2.45, 2.75) is 25.8 Å². The van der Waals surface area contributed by atoms with Gasteiger partial charge in [-0.15, -0.1) is 0 Å². The van der Waals surface area contributed by atoms with Crippen molar-refractivity contribution in [2.75, 3.05) is 25.1 Å². The molecule has 0 bridgehead atoms. The fraction of sp³-hybridized carbons (Fsp3) is 0.368. The molecular weight excluding hydrogens is 300 g/mol. The van der Waals surface area contributed by atoms with E-state index in [-0.39, 0.29) is 0 Å². The van der Waals surface area contributed by atoms with E-state index in [9.17, 15) is 0 Å². The van der Waals surface area contributed by atoms with E-state index in [4.69, 9.17) is 4.74 Å². The van der Waals surface area contributed by atoms with Gasteiger partial charge in [-0.25, -0.2) is 0 Å². The highest BCUT2D eigenvalue weighted by atomic mass is 16.5. The van der Waals surface area contributed by atoms with Gasteiger partial charge in [0.1, 0.15) is 11.3 Å². The van der Waals surface area contributed by atoms with E-state index in [1.165, 1.54) is 17.7 Å². The molecule has 1 atom stereocenters. The van der Waals surface area contributed by atoms with E-state index in [1.54, 1.807) is 7.11 Å². The van der Waals surface area contributed by atoms with Crippen LogP contribution in [0.1, 0.15) is 24.4 Å². The number of aryl methyl sites for hydroxylation is 1. The first-order chi connectivity index (χ1) is 11.8. The molecule has 0 amide bonds. The summed E-state index contributed by atoms with van der Waals surface area (Å²) in [4.78, 5) is 7.09. The zero-order valence-corrected chi connectivity index (χ0v) is 14.1. The average Bonchev–Trinajstić information content (AvgIpc) is 3.16. The lowest BCUT2D eigenvalue weighted by Gasteiger charge is -2.36. The summed E-state index contributed by atoms with van der Waals surface area (Å²) >= 11 is 0. The van der Waals surface area contributed by atoms with Gasteiger partial charge in [0.05, 0.1) is 18.8 Å². The molecule has 2 aromatic heterocycles. The minimum atomic E-state index is 0.418. The maximum atomic E-state index is 5.49. The molecule has 1 fully saturated rings. The highest BCUT2D eigenvalue weighted by Gasteiger charge is 2.24. The average molecular weight is 322 g/mol. The SMILES string of the molecule is COc1cccc2c(N3CCCC(n4cccn4)C3)c(C)cnc12. The van der Waals surface area contributed by atoms with Gasteiger partial charge in [0, 0.05) is 37.1 Å². The molecule has 1 aliphatic heterocycles. The van der Waals surface area contributed by atoms with Crippen LogP contribution in [0, 0.1) is 6.92 Å². The molecule has 4 rings (SSSR count). The number of anilines is 1. The number of methoxy groups -OCH3 is 1. The van der Waals surface area contributed by atoms with Crippen LogP contribution in [0.5, 0.6) is 5.75 Å². The van der Waals surface area contributed by atoms with E-state index in [2.05, 4.69) is 38.9 Å². The number of ether oxygens (including phenoxy) is 1. The largest absolute Gasteiger partial charge is 0.494 e. The molecule has 124 valence electrons. The zero-order chi connectivity index (χ0) is 16.5. The van der Waals surface area contributed by atoms with Crippen molar-refractivity contribution in [3.63, 3.8) is 0 Å². The summed E-state index contributed by atoms with van der Waals surface area (Å²) in [5.74, 6) is 0.828. The van der Waals surface area contributed by atoms with Crippen molar-refractivity contribution in [1.82, 2.24) is 14.8 Å². The van der Waals surface area contributed by atoms with E-state index in [0.717, 1.165) is 36.2 Å². The summed E-state index contributed by atoms with van der Waals surface area (Å²) in [6.45, 7) is 4.17. The maximum absolute atomic E-state index is 5.49. The van der Waals surface area contributed by atoms with Crippen molar-refractivity contribution in [2.24, 2.45) is 0 Å². The second-order valence-corrected chi connectivity index (χ2v) is 6.37. The third-order valence-electron chi connectivity index (χ3n) is 4.85. The lowest BCUT2D eigenvalue weighted by molar-refractivity contribution is 0.376. The Hall–Kier alpha value is -2.56. The van der Waals surface area contributed by atoms with Crippen molar-refractivity contribution >= 4 is 16.6 Å². The maximum Gasteiger partial charge on any atom is 0.145 e. The minimum Gasteiger partial charge on any atom is -0.494 e. The van der Waals surface area contributed by atoms with Gasteiger partial charge in [-0.2, -0.15) is 5.10 Å². The molecule has 5 heteroatoms. The number of piperidine rings is 1. The Kier molecular flexibility index (Phi) is 3.84. The molecule has 3 heterocycles. The minimum absolute atomic E-state index is 0.418. The predicted molar refractivity (Wildman–Crippen MR) is 95.7 cm³/mol. The topological polar surface area (TPSA) is 43.2 Å². The number of pyridine rings is 1. The highest BCUT2D eigenvalue weighted by Crippen LogP contribution is 2.36. The van der Waals surface area contributed by atoms with Gasteiger partial charge < -0.3 is 9.64 Å². The number of aromatic nitrogens is 3. The first-order valence-corrected chi connectivity index (χ1v) is 8.44. The van der Waals surface area contributed by atoms with Gasteiger partial charge in [0.2, 0.25) is 0 Å². The van der Waals surface area contributed by atoms with Crippen molar-refractivity contribution in [3.8, 4) is 5.75 Å². The standard InChI is InChI=1S/C19H22N4O/c1-14-12-20-18-16(7-3-8-17(18)24-2)19(14)22-10-4-6-15(13-22)23-11-5-9-21-23/h3,5,7-9,11-12,15H,4,6,10,13H2,1-2H3. The molecule has 24 heavy (non-hydrogen) atoms. The molecule has 1 saturated heterocycles. The molecule has 3 aromatic rings. The normalized spacial score (nSPS) is 18.1. The van der Waals surface area contributed by atoms with E-state index in [0.29, 0.717) is 6.04 Å². The quantitative estimate of drug-likeness (QED) is 0.739. The molecule has 1 aliphatic rings. The van der Waals surface area contributed by atoms with Crippen LogP contribution in [0.25, 0.3) is 10.9 Å². The van der Waals surface area contributed by atoms with E-state index in [1.807, 2.05) is 30.6 Å². The second-order valence-electron chi connectivity index (χ2n) is 6.37. The summed E-state index contributed by atoms with van der Waals surface area (Å²) in [5.41, 5.74) is 3.41. The zero-order valence-electron chi connectivity index (χ0n) is 14.1. The smallest absolute Gasteiger partial charge is 0.145 e. The molecule has 0 saturated carbocycles. The molecule has 5 nitrogen and oxygen atoms in total. The van der Waals surface area contributed by atoms with Crippen LogP contribution < -0.4 is 9.64 Å². The number of hydrogen-bond donors (Lipinski definition) is 0. The van der Waals surface area contributed by atoms with Crippen LogP contribution >= 0.6 is 0 Å². The van der Waals surface area contributed by atoms with E-state index < -0.39 is 0 Å². The Labute approximate surface area is 141 Å². The van der Waals surface area contributed by atoms with E-state index >= 15 is 0 Å².